The number of benzene rings is 2. The molecule has 4 aliphatic carbocycles. The molecule has 0 amide bonds. The number of hydrogen-bond donors (Lipinski definition) is 0. The van der Waals surface area contributed by atoms with Gasteiger partial charge < -0.3 is 9.47 Å². The van der Waals surface area contributed by atoms with E-state index >= 15 is 0 Å². The fourth-order valence-electron chi connectivity index (χ4n) is 14.4. The van der Waals surface area contributed by atoms with Crippen molar-refractivity contribution in [2.45, 2.75) is 232 Å². The molecule has 2 aromatic carbocycles. The molecule has 2 heteroatoms. The maximum absolute atomic E-state index is 7.10. The van der Waals surface area contributed by atoms with Crippen molar-refractivity contribution in [1.82, 2.24) is 0 Å². The fourth-order valence-corrected chi connectivity index (χ4v) is 14.4. The summed E-state index contributed by atoms with van der Waals surface area (Å²) < 4.78 is 14.2. The minimum Gasteiger partial charge on any atom is -0.365 e. The van der Waals surface area contributed by atoms with Crippen LogP contribution in [0.1, 0.15) is 251 Å². The molecule has 4 heterocycles. The minimum atomic E-state index is 0.327. The lowest BCUT2D eigenvalue weighted by molar-refractivity contribution is 0.0544. The standard InChI is InChI=1S/C58H80O2/c1-5-9-13-17-21-37-29-47-48(30-38(37)22-18-14-10-6-2)56-52-34-44-26-42-28-46-36-54-53(35-45(46)27-41(42)25-43(44)33-51(52)55(47)59-56)57-49-31-39(23-19-15-11-7-3)40(24-20-16-12-8-4)32-50(49)58(54)60-57/h29-32,51-58H,5-28,33-36H2,1-4H3/t51-,52-,53+,54+,55-,56-,57+,58+. The Bertz CT molecular complexity index is 1710. The molecular formula is C58H80O2. The van der Waals surface area contributed by atoms with Crippen LogP contribution in [0.3, 0.4) is 0 Å². The van der Waals surface area contributed by atoms with Gasteiger partial charge >= 0.3 is 0 Å². The molecule has 0 unspecified atom stereocenters. The third-order valence-electron chi connectivity index (χ3n) is 17.6. The van der Waals surface area contributed by atoms with Crippen LogP contribution < -0.4 is 0 Å². The second kappa shape index (κ2) is 18.4. The first-order valence-electron chi connectivity index (χ1n) is 26.3. The van der Waals surface area contributed by atoms with E-state index in [1.807, 2.05) is 33.4 Å². The first-order chi connectivity index (χ1) is 29.6. The molecule has 60 heavy (non-hydrogen) atoms. The topological polar surface area (TPSA) is 18.5 Å². The summed E-state index contributed by atoms with van der Waals surface area (Å²) in [7, 11) is 0. The first-order valence-corrected chi connectivity index (χ1v) is 26.3. The van der Waals surface area contributed by atoms with Crippen LogP contribution >= 0.6 is 0 Å². The van der Waals surface area contributed by atoms with Crippen molar-refractivity contribution in [3.05, 3.63) is 102 Å². The van der Waals surface area contributed by atoms with E-state index in [1.165, 1.54) is 180 Å². The van der Waals surface area contributed by atoms with Crippen LogP contribution in [0.4, 0.5) is 0 Å². The summed E-state index contributed by atoms with van der Waals surface area (Å²) in [6, 6.07) is 10.7. The van der Waals surface area contributed by atoms with Crippen LogP contribution in [0.25, 0.3) is 0 Å². The van der Waals surface area contributed by atoms with E-state index in [4.69, 9.17) is 9.47 Å². The molecule has 0 N–H and O–H groups in total. The molecule has 4 bridgehead atoms. The van der Waals surface area contributed by atoms with Gasteiger partial charge in [-0.05, 0) is 171 Å². The molecule has 10 rings (SSSR count). The third kappa shape index (κ3) is 7.81. The van der Waals surface area contributed by atoms with Gasteiger partial charge in [0.2, 0.25) is 0 Å². The molecule has 2 fully saturated rings. The molecule has 2 nitrogen and oxygen atoms in total. The minimum absolute atomic E-state index is 0.327. The summed E-state index contributed by atoms with van der Waals surface area (Å²) in [5.74, 6) is 2.72. The summed E-state index contributed by atoms with van der Waals surface area (Å²) >= 11 is 0. The van der Waals surface area contributed by atoms with Gasteiger partial charge in [-0.2, -0.15) is 0 Å². The average molecular weight is 809 g/mol. The van der Waals surface area contributed by atoms with Gasteiger partial charge in [-0.1, -0.05) is 162 Å². The normalized spacial score (nSPS) is 29.1. The Morgan fingerprint density at radius 1 is 0.333 bits per heavy atom. The van der Waals surface area contributed by atoms with Gasteiger partial charge in [0.05, 0.1) is 24.4 Å². The van der Waals surface area contributed by atoms with E-state index in [0.29, 0.717) is 48.1 Å². The highest BCUT2D eigenvalue weighted by molar-refractivity contribution is 5.52. The largest absolute Gasteiger partial charge is 0.365 e. The van der Waals surface area contributed by atoms with Crippen LogP contribution in [0, 0.1) is 23.7 Å². The second-order valence-electron chi connectivity index (χ2n) is 21.5. The Labute approximate surface area is 365 Å². The van der Waals surface area contributed by atoms with Gasteiger partial charge in [0.25, 0.3) is 0 Å². The Morgan fingerprint density at radius 2 is 0.583 bits per heavy atom. The van der Waals surface area contributed by atoms with Crippen LogP contribution in [-0.4, -0.2) is 0 Å². The van der Waals surface area contributed by atoms with Crippen LogP contribution in [0.2, 0.25) is 0 Å². The molecule has 0 aromatic heterocycles. The van der Waals surface area contributed by atoms with Gasteiger partial charge in [0, 0.05) is 0 Å². The van der Waals surface area contributed by atoms with Crippen molar-refractivity contribution in [2.24, 2.45) is 23.7 Å². The highest BCUT2D eigenvalue weighted by Gasteiger charge is 2.56. The molecule has 4 aliphatic heterocycles. The van der Waals surface area contributed by atoms with Gasteiger partial charge in [-0.3, -0.25) is 0 Å². The number of rotatable bonds is 20. The summed E-state index contributed by atoms with van der Waals surface area (Å²) in [5.41, 5.74) is 24.0. The zero-order chi connectivity index (χ0) is 40.7. The van der Waals surface area contributed by atoms with E-state index in [0.717, 1.165) is 0 Å². The van der Waals surface area contributed by atoms with E-state index in [-0.39, 0.29) is 0 Å². The number of aryl methyl sites for hydroxylation is 4. The van der Waals surface area contributed by atoms with Crippen molar-refractivity contribution in [3.8, 4) is 0 Å². The summed E-state index contributed by atoms with van der Waals surface area (Å²) in [6.45, 7) is 9.35. The lowest BCUT2D eigenvalue weighted by Gasteiger charge is -2.43. The molecule has 2 saturated heterocycles. The van der Waals surface area contributed by atoms with Gasteiger partial charge in [0.1, 0.15) is 0 Å². The number of allylic oxidation sites excluding steroid dienone is 6. The Morgan fingerprint density at radius 3 is 0.817 bits per heavy atom. The van der Waals surface area contributed by atoms with Crippen molar-refractivity contribution in [3.63, 3.8) is 0 Å². The summed E-state index contributed by atoms with van der Waals surface area (Å²) in [5, 5.41) is 0. The van der Waals surface area contributed by atoms with Crippen LogP contribution in [0.15, 0.2) is 57.7 Å². The predicted molar refractivity (Wildman–Crippen MR) is 249 cm³/mol. The molecule has 324 valence electrons. The SMILES string of the molecule is CCCCCCc1cc2c(cc1CCCCCC)[C@H]1O[C@H]2[C@@H]2CC3=C(CC4=C(C3)CC3=C(C4)C[C@H]4[C@H](C3)[C@H]3O[C@H]4c4cc(CCCCCC)c(CCCCCC)cc43)C[C@H]21. The smallest absolute Gasteiger partial charge is 0.0872 e. The van der Waals surface area contributed by atoms with E-state index in [9.17, 15) is 0 Å². The zero-order valence-electron chi connectivity index (χ0n) is 38.5. The van der Waals surface area contributed by atoms with E-state index in [2.05, 4.69) is 52.0 Å². The maximum atomic E-state index is 7.10. The Kier molecular flexibility index (Phi) is 12.7. The molecule has 8 atom stereocenters. The molecule has 0 spiro atoms. The first kappa shape index (κ1) is 41.6. The molecule has 8 aliphatic rings. The lowest BCUT2D eigenvalue weighted by atomic mass is 9.60. The summed E-state index contributed by atoms with van der Waals surface area (Å²) in [6.07, 6.45) is 38.1. The average Bonchev–Trinajstić information content (AvgIpc) is 4.02. The van der Waals surface area contributed by atoms with Crippen molar-refractivity contribution in [1.29, 1.82) is 0 Å². The summed E-state index contributed by atoms with van der Waals surface area (Å²) in [4.78, 5) is 0. The van der Waals surface area contributed by atoms with Gasteiger partial charge in [-0.25, -0.2) is 0 Å². The second-order valence-corrected chi connectivity index (χ2v) is 21.5. The zero-order valence-corrected chi connectivity index (χ0v) is 38.5. The number of fused-ring (bicyclic) bond motifs is 16. The number of hydrogen-bond acceptors (Lipinski definition) is 2. The van der Waals surface area contributed by atoms with Gasteiger partial charge in [-0.15, -0.1) is 0 Å². The van der Waals surface area contributed by atoms with Gasteiger partial charge in [0.15, 0.2) is 0 Å². The third-order valence-corrected chi connectivity index (χ3v) is 17.6. The fraction of sp³-hybridized carbons (Fsp3) is 0.690. The molecular weight excluding hydrogens is 729 g/mol. The van der Waals surface area contributed by atoms with E-state index < -0.39 is 0 Å². The molecule has 0 radical (unpaired) electrons. The highest BCUT2D eigenvalue weighted by atomic mass is 16.5. The van der Waals surface area contributed by atoms with Crippen molar-refractivity contribution in [2.75, 3.05) is 0 Å². The molecule has 0 saturated carbocycles. The quantitative estimate of drug-likeness (QED) is 0.0980. The number of ether oxygens (including phenoxy) is 2. The van der Waals surface area contributed by atoms with Crippen molar-refractivity contribution < 1.29 is 9.47 Å². The van der Waals surface area contributed by atoms with Crippen LogP contribution in [0.5, 0.6) is 0 Å². The predicted octanol–water partition coefficient (Wildman–Crippen LogP) is 16.7. The lowest BCUT2D eigenvalue weighted by Crippen LogP contribution is -2.30. The van der Waals surface area contributed by atoms with E-state index in [1.54, 1.807) is 44.5 Å². The monoisotopic (exact) mass is 809 g/mol. The highest BCUT2D eigenvalue weighted by Crippen LogP contribution is 2.66. The number of unbranched alkanes of at least 4 members (excludes halogenated alkanes) is 12. The Hall–Kier alpha value is -2.42. The maximum Gasteiger partial charge on any atom is 0.0872 e. The van der Waals surface area contributed by atoms with Crippen LogP contribution in [-0.2, 0) is 35.2 Å². The molecule has 2 aromatic rings. The van der Waals surface area contributed by atoms with Crippen molar-refractivity contribution >= 4 is 0 Å². The Balaban J connectivity index is 0.818.